The Morgan fingerprint density at radius 2 is 1.58 bits per heavy atom. The van der Waals surface area contributed by atoms with Gasteiger partial charge >= 0.3 is 0 Å². The summed E-state index contributed by atoms with van der Waals surface area (Å²) in [6.45, 7) is 0.0116. The van der Waals surface area contributed by atoms with Gasteiger partial charge in [-0.15, -0.1) is 0 Å². The first kappa shape index (κ1) is 15.5. The third-order valence-electron chi connectivity index (χ3n) is 5.95. The van der Waals surface area contributed by atoms with Crippen LogP contribution in [0.4, 0.5) is 0 Å². The highest BCUT2D eigenvalue weighted by molar-refractivity contribution is 5.92. The molecule has 0 aliphatic heterocycles. The number of amides is 2. The van der Waals surface area contributed by atoms with Crippen LogP contribution in [0.2, 0.25) is 0 Å². The van der Waals surface area contributed by atoms with E-state index in [-0.39, 0.29) is 18.1 Å². The van der Waals surface area contributed by atoms with Crippen LogP contribution in [-0.2, 0) is 4.79 Å². The molecule has 4 bridgehead atoms. The van der Waals surface area contributed by atoms with Crippen molar-refractivity contribution in [2.24, 2.45) is 23.5 Å². The van der Waals surface area contributed by atoms with Gasteiger partial charge in [-0.25, -0.2) is 0 Å². The molecular formula is C19H24N2O3. The molecule has 0 spiro atoms. The van der Waals surface area contributed by atoms with Gasteiger partial charge in [0.15, 0.2) is 6.61 Å². The van der Waals surface area contributed by atoms with E-state index in [0.29, 0.717) is 11.3 Å². The first-order chi connectivity index (χ1) is 11.5. The minimum absolute atomic E-state index is 0.0116. The number of hydrogen-bond donors (Lipinski definition) is 2. The summed E-state index contributed by atoms with van der Waals surface area (Å²) < 4.78 is 5.55. The average molecular weight is 328 g/mol. The second-order valence-electron chi connectivity index (χ2n) is 7.92. The summed E-state index contributed by atoms with van der Waals surface area (Å²) in [5.74, 6) is 2.47. The summed E-state index contributed by atoms with van der Waals surface area (Å²) >= 11 is 0. The molecule has 0 aromatic heterocycles. The number of ether oxygens (including phenoxy) is 1. The molecule has 128 valence electrons. The van der Waals surface area contributed by atoms with Crippen molar-refractivity contribution < 1.29 is 14.3 Å². The molecule has 1 aromatic carbocycles. The molecule has 2 amide bonds. The van der Waals surface area contributed by atoms with Gasteiger partial charge in [0.25, 0.3) is 5.91 Å². The van der Waals surface area contributed by atoms with E-state index in [0.717, 1.165) is 37.0 Å². The van der Waals surface area contributed by atoms with Crippen LogP contribution in [0, 0.1) is 17.8 Å². The van der Waals surface area contributed by atoms with Crippen LogP contribution < -0.4 is 15.8 Å². The van der Waals surface area contributed by atoms with E-state index < -0.39 is 5.91 Å². The lowest BCUT2D eigenvalue weighted by molar-refractivity contribution is -0.128. The fraction of sp³-hybridized carbons (Fsp3) is 0.579. The van der Waals surface area contributed by atoms with Gasteiger partial charge in [-0.2, -0.15) is 0 Å². The van der Waals surface area contributed by atoms with E-state index in [1.807, 2.05) is 0 Å². The zero-order valence-electron chi connectivity index (χ0n) is 13.8. The Hall–Kier alpha value is -2.04. The van der Waals surface area contributed by atoms with Gasteiger partial charge in [-0.1, -0.05) is 0 Å². The molecule has 0 atom stereocenters. The van der Waals surface area contributed by atoms with Crippen molar-refractivity contribution in [1.82, 2.24) is 5.32 Å². The lowest BCUT2D eigenvalue weighted by atomic mass is 9.53. The third-order valence-corrected chi connectivity index (χ3v) is 5.95. The van der Waals surface area contributed by atoms with Gasteiger partial charge < -0.3 is 15.8 Å². The van der Waals surface area contributed by atoms with E-state index in [1.165, 1.54) is 19.3 Å². The maximum absolute atomic E-state index is 12.4. The Bertz CT molecular complexity index is 618. The minimum Gasteiger partial charge on any atom is -0.484 e. The zero-order chi connectivity index (χ0) is 16.7. The van der Waals surface area contributed by atoms with Crippen molar-refractivity contribution in [3.05, 3.63) is 29.8 Å². The topological polar surface area (TPSA) is 81.4 Å². The maximum atomic E-state index is 12.4. The van der Waals surface area contributed by atoms with Crippen molar-refractivity contribution in [2.75, 3.05) is 6.61 Å². The molecule has 24 heavy (non-hydrogen) atoms. The largest absolute Gasteiger partial charge is 0.484 e. The number of hydrogen-bond acceptors (Lipinski definition) is 3. The number of primary amides is 1. The molecule has 3 N–H and O–H groups in total. The molecule has 5 heteroatoms. The van der Waals surface area contributed by atoms with Crippen molar-refractivity contribution >= 4 is 11.8 Å². The average Bonchev–Trinajstić information content (AvgIpc) is 2.51. The van der Waals surface area contributed by atoms with E-state index >= 15 is 0 Å². The highest BCUT2D eigenvalue weighted by atomic mass is 16.5. The van der Waals surface area contributed by atoms with Gasteiger partial charge in [-0.3, -0.25) is 9.59 Å². The fourth-order valence-corrected chi connectivity index (χ4v) is 5.46. The second kappa shape index (κ2) is 5.80. The number of benzene rings is 1. The monoisotopic (exact) mass is 328 g/mol. The predicted octanol–water partition coefficient (Wildman–Crippen LogP) is 2.25. The first-order valence-electron chi connectivity index (χ1n) is 8.85. The van der Waals surface area contributed by atoms with Gasteiger partial charge in [0.2, 0.25) is 5.91 Å². The number of carbonyl (C=O) groups excluding carboxylic acids is 2. The Morgan fingerprint density at radius 3 is 2.08 bits per heavy atom. The van der Waals surface area contributed by atoms with Crippen molar-refractivity contribution in [3.8, 4) is 5.75 Å². The Kier molecular flexibility index (Phi) is 3.74. The molecule has 5 nitrogen and oxygen atoms in total. The lowest BCUT2D eigenvalue weighted by Crippen LogP contribution is -2.60. The van der Waals surface area contributed by atoms with Gasteiger partial charge in [0.05, 0.1) is 0 Å². The molecule has 0 unspecified atom stereocenters. The number of nitrogens with two attached hydrogens (primary N) is 1. The van der Waals surface area contributed by atoms with Crippen LogP contribution in [0.25, 0.3) is 0 Å². The standard InChI is InChI=1S/C19H24N2O3/c20-18(23)15-1-3-16(4-2-15)24-11-17(22)21-19-8-12-5-13(9-19)7-14(6-12)10-19/h1-4,12-14H,5-11H2,(H2,20,23)(H,21,22). The van der Waals surface area contributed by atoms with Crippen molar-refractivity contribution in [3.63, 3.8) is 0 Å². The SMILES string of the molecule is NC(=O)c1ccc(OCC(=O)NC23CC4CC(CC(C4)C2)C3)cc1. The summed E-state index contributed by atoms with van der Waals surface area (Å²) in [5.41, 5.74) is 5.66. The summed E-state index contributed by atoms with van der Waals surface area (Å²) in [5, 5.41) is 3.29. The first-order valence-corrected chi connectivity index (χ1v) is 8.85. The van der Waals surface area contributed by atoms with Crippen LogP contribution in [0.15, 0.2) is 24.3 Å². The number of rotatable bonds is 5. The number of nitrogens with one attached hydrogen (secondary N) is 1. The van der Waals surface area contributed by atoms with Crippen LogP contribution in [0.3, 0.4) is 0 Å². The van der Waals surface area contributed by atoms with Gasteiger partial charge in [0, 0.05) is 11.1 Å². The van der Waals surface area contributed by atoms with Crippen molar-refractivity contribution in [2.45, 2.75) is 44.1 Å². The van der Waals surface area contributed by atoms with Crippen LogP contribution >= 0.6 is 0 Å². The zero-order valence-corrected chi connectivity index (χ0v) is 13.8. The van der Waals surface area contributed by atoms with E-state index in [4.69, 9.17) is 10.5 Å². The molecule has 4 aliphatic carbocycles. The summed E-state index contributed by atoms with van der Waals surface area (Å²) in [6.07, 6.45) is 7.49. The van der Waals surface area contributed by atoms with Crippen LogP contribution in [-0.4, -0.2) is 24.0 Å². The van der Waals surface area contributed by atoms with Crippen molar-refractivity contribution in [1.29, 1.82) is 0 Å². The molecule has 1 aromatic rings. The van der Waals surface area contributed by atoms with Crippen LogP contribution in [0.1, 0.15) is 48.9 Å². The molecule has 0 heterocycles. The molecule has 4 aliphatic rings. The third kappa shape index (κ3) is 2.99. The second-order valence-corrected chi connectivity index (χ2v) is 7.92. The fourth-order valence-electron chi connectivity index (χ4n) is 5.46. The van der Waals surface area contributed by atoms with E-state index in [1.54, 1.807) is 24.3 Å². The quantitative estimate of drug-likeness (QED) is 0.870. The highest BCUT2D eigenvalue weighted by Gasteiger charge is 2.51. The molecule has 0 saturated heterocycles. The van der Waals surface area contributed by atoms with Gasteiger partial charge in [0.1, 0.15) is 5.75 Å². The summed E-state index contributed by atoms with van der Waals surface area (Å²) in [6, 6.07) is 6.54. The Balaban J connectivity index is 1.33. The Morgan fingerprint density at radius 1 is 1.04 bits per heavy atom. The molecule has 4 fully saturated rings. The van der Waals surface area contributed by atoms with E-state index in [2.05, 4.69) is 5.32 Å². The Labute approximate surface area is 141 Å². The smallest absolute Gasteiger partial charge is 0.258 e. The molecular weight excluding hydrogens is 304 g/mol. The summed E-state index contributed by atoms with van der Waals surface area (Å²) in [7, 11) is 0. The maximum Gasteiger partial charge on any atom is 0.258 e. The highest BCUT2D eigenvalue weighted by Crippen LogP contribution is 2.55. The number of carbonyl (C=O) groups is 2. The predicted molar refractivity (Wildman–Crippen MR) is 89.5 cm³/mol. The summed E-state index contributed by atoms with van der Waals surface area (Å²) in [4.78, 5) is 23.4. The van der Waals surface area contributed by atoms with Crippen LogP contribution in [0.5, 0.6) is 5.75 Å². The molecule has 5 rings (SSSR count). The van der Waals surface area contributed by atoms with Gasteiger partial charge in [-0.05, 0) is 80.5 Å². The molecule has 4 saturated carbocycles. The minimum atomic E-state index is -0.471. The molecule has 0 radical (unpaired) electrons. The lowest BCUT2D eigenvalue weighted by Gasteiger charge is -2.56. The van der Waals surface area contributed by atoms with E-state index in [9.17, 15) is 9.59 Å². The normalized spacial score (nSPS) is 33.2.